The lowest BCUT2D eigenvalue weighted by atomic mass is 9.99. The molecule has 0 amide bonds. The normalized spacial score (nSPS) is 10.3. The Hall–Kier alpha value is -2.36. The van der Waals surface area contributed by atoms with E-state index in [0.717, 1.165) is 33.8 Å². The van der Waals surface area contributed by atoms with Gasteiger partial charge in [0.25, 0.3) is 0 Å². The molecule has 0 aromatic heterocycles. The molecular weight excluding hydrogens is 280 g/mol. The highest BCUT2D eigenvalue weighted by atomic mass is 16.5. The highest BCUT2D eigenvalue weighted by molar-refractivity contribution is 5.72. The van der Waals surface area contributed by atoms with Crippen molar-refractivity contribution in [3.63, 3.8) is 0 Å². The van der Waals surface area contributed by atoms with E-state index < -0.39 is 0 Å². The van der Waals surface area contributed by atoms with Gasteiger partial charge >= 0.3 is 0 Å². The highest BCUT2D eigenvalue weighted by Crippen LogP contribution is 2.40. The van der Waals surface area contributed by atoms with Crippen LogP contribution in [0.4, 0.5) is 0 Å². The molecule has 0 atom stereocenters. The average Bonchev–Trinajstić information content (AvgIpc) is 2.52. The van der Waals surface area contributed by atoms with Crippen LogP contribution in [0.3, 0.4) is 0 Å². The van der Waals surface area contributed by atoms with Crippen molar-refractivity contribution >= 4 is 0 Å². The smallest absolute Gasteiger partial charge is 0.163 e. The van der Waals surface area contributed by atoms with Gasteiger partial charge in [-0.3, -0.25) is 0 Å². The van der Waals surface area contributed by atoms with E-state index in [1.54, 1.807) is 28.4 Å². The van der Waals surface area contributed by atoms with Gasteiger partial charge in [0.15, 0.2) is 23.0 Å². The van der Waals surface area contributed by atoms with E-state index in [9.17, 15) is 0 Å². The zero-order chi connectivity index (χ0) is 16.3. The molecule has 0 fully saturated rings. The maximum Gasteiger partial charge on any atom is 0.163 e. The summed E-state index contributed by atoms with van der Waals surface area (Å²) >= 11 is 0. The summed E-state index contributed by atoms with van der Waals surface area (Å²) in [6, 6.07) is 8.07. The lowest BCUT2D eigenvalue weighted by molar-refractivity contribution is 0.352. The van der Waals surface area contributed by atoms with E-state index in [0.29, 0.717) is 11.5 Å². The number of hydrogen-bond donors (Lipinski definition) is 0. The molecule has 0 N–H and O–H groups in total. The van der Waals surface area contributed by atoms with E-state index in [4.69, 9.17) is 18.9 Å². The van der Waals surface area contributed by atoms with Crippen LogP contribution in [0.15, 0.2) is 24.3 Å². The Morgan fingerprint density at radius 1 is 0.545 bits per heavy atom. The first-order valence-corrected chi connectivity index (χ1v) is 7.01. The molecule has 2 rings (SSSR count). The van der Waals surface area contributed by atoms with E-state index in [-0.39, 0.29) is 0 Å². The molecule has 0 radical (unpaired) electrons. The largest absolute Gasteiger partial charge is 0.493 e. The fourth-order valence-corrected chi connectivity index (χ4v) is 2.64. The molecule has 0 heterocycles. The summed E-state index contributed by atoms with van der Waals surface area (Å²) in [4.78, 5) is 0. The molecule has 0 saturated carbocycles. The van der Waals surface area contributed by atoms with Gasteiger partial charge in [0.2, 0.25) is 0 Å². The summed E-state index contributed by atoms with van der Waals surface area (Å²) in [6.07, 6.45) is 0. The molecule has 0 aliphatic carbocycles. The van der Waals surface area contributed by atoms with Crippen molar-refractivity contribution < 1.29 is 18.9 Å². The summed E-state index contributed by atoms with van der Waals surface area (Å²) in [5.41, 5.74) is 4.12. The number of methoxy groups -OCH3 is 4. The minimum absolute atomic E-state index is 0.713. The maximum absolute atomic E-state index is 5.43. The van der Waals surface area contributed by atoms with Crippen molar-refractivity contribution in [2.75, 3.05) is 28.4 Å². The van der Waals surface area contributed by atoms with Gasteiger partial charge in [-0.05, 0) is 60.4 Å². The molecule has 0 bridgehead atoms. The second kappa shape index (κ2) is 6.60. The second-order valence-electron chi connectivity index (χ2n) is 5.06. The number of benzene rings is 2. The van der Waals surface area contributed by atoms with Crippen molar-refractivity contribution in [1.29, 1.82) is 0 Å². The molecule has 0 unspecified atom stereocenters. The van der Waals surface area contributed by atoms with Crippen LogP contribution in [0.5, 0.6) is 23.0 Å². The van der Waals surface area contributed by atoms with Crippen molar-refractivity contribution in [2.24, 2.45) is 0 Å². The molecule has 2 aromatic carbocycles. The monoisotopic (exact) mass is 302 g/mol. The number of aryl methyl sites for hydroxylation is 2. The van der Waals surface area contributed by atoms with Gasteiger partial charge in [-0.25, -0.2) is 0 Å². The average molecular weight is 302 g/mol. The first-order chi connectivity index (χ1) is 10.5. The molecule has 22 heavy (non-hydrogen) atoms. The molecule has 4 heteroatoms. The van der Waals surface area contributed by atoms with E-state index in [1.165, 1.54) is 0 Å². The van der Waals surface area contributed by atoms with Gasteiger partial charge in [0.05, 0.1) is 28.4 Å². The van der Waals surface area contributed by atoms with Crippen molar-refractivity contribution in [3.8, 4) is 34.1 Å². The fourth-order valence-electron chi connectivity index (χ4n) is 2.64. The van der Waals surface area contributed by atoms with Gasteiger partial charge < -0.3 is 18.9 Å². The predicted molar refractivity (Wildman–Crippen MR) is 87.6 cm³/mol. The van der Waals surface area contributed by atoms with E-state index in [1.807, 2.05) is 26.0 Å². The quantitative estimate of drug-likeness (QED) is 0.836. The molecule has 118 valence electrons. The SMILES string of the molecule is COc1cc(-c2cc(C)c(OC)c(OC)c2)cc(C)c1OC. The van der Waals surface area contributed by atoms with Crippen molar-refractivity contribution in [2.45, 2.75) is 13.8 Å². The Morgan fingerprint density at radius 3 is 1.18 bits per heavy atom. The molecule has 0 spiro atoms. The van der Waals surface area contributed by atoms with Crippen LogP contribution < -0.4 is 18.9 Å². The van der Waals surface area contributed by atoms with Crippen LogP contribution in [-0.4, -0.2) is 28.4 Å². The first-order valence-electron chi connectivity index (χ1n) is 7.01. The number of rotatable bonds is 5. The van der Waals surface area contributed by atoms with Crippen molar-refractivity contribution in [1.82, 2.24) is 0 Å². The van der Waals surface area contributed by atoms with E-state index >= 15 is 0 Å². The maximum atomic E-state index is 5.43. The Kier molecular flexibility index (Phi) is 4.81. The first kappa shape index (κ1) is 16.0. The number of hydrogen-bond acceptors (Lipinski definition) is 4. The summed E-state index contributed by atoms with van der Waals surface area (Å²) in [6.45, 7) is 4.00. The Labute approximate surface area is 131 Å². The van der Waals surface area contributed by atoms with Crippen LogP contribution in [0, 0.1) is 13.8 Å². The Bertz CT molecular complexity index is 618. The third kappa shape index (κ3) is 2.82. The summed E-state index contributed by atoms with van der Waals surface area (Å²) < 4.78 is 21.6. The van der Waals surface area contributed by atoms with Gasteiger partial charge in [0, 0.05) is 0 Å². The molecule has 4 nitrogen and oxygen atoms in total. The molecular formula is C18H22O4. The van der Waals surface area contributed by atoms with Crippen molar-refractivity contribution in [3.05, 3.63) is 35.4 Å². The highest BCUT2D eigenvalue weighted by Gasteiger charge is 2.14. The minimum atomic E-state index is 0.713. The lowest BCUT2D eigenvalue weighted by Crippen LogP contribution is -1.96. The summed E-state index contributed by atoms with van der Waals surface area (Å²) in [5.74, 6) is 2.93. The lowest BCUT2D eigenvalue weighted by Gasteiger charge is -2.16. The van der Waals surface area contributed by atoms with Crippen LogP contribution in [-0.2, 0) is 0 Å². The molecule has 0 saturated heterocycles. The van der Waals surface area contributed by atoms with Crippen LogP contribution >= 0.6 is 0 Å². The summed E-state index contributed by atoms with van der Waals surface area (Å²) in [5, 5.41) is 0. The van der Waals surface area contributed by atoms with Gasteiger partial charge in [-0.2, -0.15) is 0 Å². The topological polar surface area (TPSA) is 36.9 Å². The Morgan fingerprint density at radius 2 is 0.909 bits per heavy atom. The zero-order valence-electron chi connectivity index (χ0n) is 13.9. The van der Waals surface area contributed by atoms with Gasteiger partial charge in [0.1, 0.15) is 0 Å². The van der Waals surface area contributed by atoms with Gasteiger partial charge in [-0.1, -0.05) is 0 Å². The molecule has 0 aliphatic heterocycles. The van der Waals surface area contributed by atoms with Crippen LogP contribution in [0.2, 0.25) is 0 Å². The van der Waals surface area contributed by atoms with E-state index in [2.05, 4.69) is 12.1 Å². The standard InChI is InChI=1S/C18H22O4/c1-11-7-13(9-15(19-3)17(11)21-5)14-8-12(2)18(22-6)16(10-14)20-4/h7-10H,1-6H3. The predicted octanol–water partition coefficient (Wildman–Crippen LogP) is 4.00. The second-order valence-corrected chi connectivity index (χ2v) is 5.06. The molecule has 0 aliphatic rings. The van der Waals surface area contributed by atoms with Crippen LogP contribution in [0.25, 0.3) is 11.1 Å². The Balaban J connectivity index is 2.62. The van der Waals surface area contributed by atoms with Gasteiger partial charge in [-0.15, -0.1) is 0 Å². The van der Waals surface area contributed by atoms with Crippen LogP contribution in [0.1, 0.15) is 11.1 Å². The zero-order valence-corrected chi connectivity index (χ0v) is 13.9. The fraction of sp³-hybridized carbons (Fsp3) is 0.333. The molecule has 2 aromatic rings. The number of ether oxygens (including phenoxy) is 4. The third-order valence-corrected chi connectivity index (χ3v) is 3.66. The summed E-state index contributed by atoms with van der Waals surface area (Å²) in [7, 11) is 6.57. The minimum Gasteiger partial charge on any atom is -0.493 e. The third-order valence-electron chi connectivity index (χ3n) is 3.66.